The number of benzene rings is 2. The first-order valence-corrected chi connectivity index (χ1v) is 12.2. The van der Waals surface area contributed by atoms with Crippen molar-refractivity contribution in [2.75, 3.05) is 11.2 Å². The zero-order valence-electron chi connectivity index (χ0n) is 17.4. The Morgan fingerprint density at radius 2 is 1.81 bits per heavy atom. The van der Waals surface area contributed by atoms with Gasteiger partial charge in [-0.05, 0) is 35.7 Å². The first-order chi connectivity index (χ1) is 14.7. The summed E-state index contributed by atoms with van der Waals surface area (Å²) < 4.78 is 25.1. The second kappa shape index (κ2) is 9.29. The van der Waals surface area contributed by atoms with E-state index in [1.165, 1.54) is 11.3 Å². The molecule has 160 valence electrons. The van der Waals surface area contributed by atoms with Crippen molar-refractivity contribution in [3.63, 3.8) is 0 Å². The van der Waals surface area contributed by atoms with Crippen LogP contribution in [0.2, 0.25) is 0 Å². The van der Waals surface area contributed by atoms with E-state index in [0.717, 1.165) is 17.5 Å². The van der Waals surface area contributed by atoms with Crippen molar-refractivity contribution in [3.8, 4) is 6.07 Å². The van der Waals surface area contributed by atoms with E-state index < -0.39 is 15.9 Å². The van der Waals surface area contributed by atoms with Crippen molar-refractivity contribution in [1.82, 2.24) is 9.71 Å². The minimum atomic E-state index is -3.71. The maximum absolute atomic E-state index is 12.6. The number of sulfonamides is 1. The van der Waals surface area contributed by atoms with Gasteiger partial charge in [-0.1, -0.05) is 44.2 Å². The van der Waals surface area contributed by atoms with Crippen LogP contribution in [0.25, 0.3) is 0 Å². The summed E-state index contributed by atoms with van der Waals surface area (Å²) in [5.41, 5.74) is 2.49. The van der Waals surface area contributed by atoms with Crippen LogP contribution < -0.4 is 9.62 Å². The lowest BCUT2D eigenvalue weighted by atomic mass is 10.1. The first-order valence-electron chi connectivity index (χ1n) is 9.52. The van der Waals surface area contributed by atoms with Crippen molar-refractivity contribution in [1.29, 1.82) is 5.26 Å². The fraction of sp³-hybridized carbons (Fsp3) is 0.227. The normalized spacial score (nSPS) is 11.2. The van der Waals surface area contributed by atoms with Crippen LogP contribution >= 0.6 is 11.3 Å². The predicted molar refractivity (Wildman–Crippen MR) is 122 cm³/mol. The van der Waals surface area contributed by atoms with Crippen molar-refractivity contribution < 1.29 is 13.2 Å². The van der Waals surface area contributed by atoms with E-state index in [4.69, 9.17) is 5.26 Å². The van der Waals surface area contributed by atoms with Gasteiger partial charge < -0.3 is 4.90 Å². The topological polar surface area (TPSA) is 103 Å². The summed E-state index contributed by atoms with van der Waals surface area (Å²) >= 11 is 1.35. The molecule has 0 fully saturated rings. The highest BCUT2D eigenvalue weighted by atomic mass is 32.2. The fourth-order valence-corrected chi connectivity index (χ4v) is 4.48. The number of carbonyl (C=O) groups excluding carboxylic acids is 1. The number of hydrogen-bond acceptors (Lipinski definition) is 7. The summed E-state index contributed by atoms with van der Waals surface area (Å²) in [4.78, 5) is 19.8. The number of amides is 1. The van der Waals surface area contributed by atoms with E-state index in [1.807, 2.05) is 65.9 Å². The molecule has 9 heteroatoms. The Balaban J connectivity index is 2.08. The molecule has 0 radical (unpaired) electrons. The van der Waals surface area contributed by atoms with Crippen LogP contribution in [0.3, 0.4) is 0 Å². The van der Waals surface area contributed by atoms with Gasteiger partial charge in [-0.3, -0.25) is 4.79 Å². The zero-order valence-corrected chi connectivity index (χ0v) is 19.0. The van der Waals surface area contributed by atoms with Gasteiger partial charge in [0.1, 0.15) is 5.69 Å². The van der Waals surface area contributed by atoms with Gasteiger partial charge in [-0.15, -0.1) is 11.3 Å². The highest BCUT2D eigenvalue weighted by Gasteiger charge is 2.25. The summed E-state index contributed by atoms with van der Waals surface area (Å²) in [5.74, 6) is -0.765. The smallest absolute Gasteiger partial charge is 0.284 e. The standard InChI is InChI=1S/C22H22N4O3S2/c1-15(2)20-19(21(27)25-31(3,28)29)24-22(30-20)26(14-17-7-5-4-6-8-17)18-11-9-16(13-23)10-12-18/h4-12,15H,14H2,1-3H3,(H,25,27). The lowest BCUT2D eigenvalue weighted by Crippen LogP contribution is -2.30. The molecule has 0 saturated heterocycles. The number of thiazole rings is 1. The van der Waals surface area contributed by atoms with Crippen LogP contribution in [0.15, 0.2) is 54.6 Å². The Bertz CT molecular complexity index is 1210. The molecule has 0 saturated carbocycles. The number of anilines is 2. The Morgan fingerprint density at radius 3 is 2.35 bits per heavy atom. The van der Waals surface area contributed by atoms with Crippen molar-refractivity contribution in [2.45, 2.75) is 26.3 Å². The molecule has 1 amide bonds. The summed E-state index contributed by atoms with van der Waals surface area (Å²) in [5, 5.41) is 9.67. The van der Waals surface area contributed by atoms with Gasteiger partial charge in [-0.25, -0.2) is 18.1 Å². The molecule has 3 rings (SSSR count). The molecule has 1 heterocycles. The minimum absolute atomic E-state index is 0.0221. The van der Waals surface area contributed by atoms with E-state index in [9.17, 15) is 13.2 Å². The van der Waals surface area contributed by atoms with Crippen LogP contribution in [0.5, 0.6) is 0 Å². The van der Waals surface area contributed by atoms with Crippen LogP contribution in [0.1, 0.15) is 46.3 Å². The number of rotatable bonds is 7. The van der Waals surface area contributed by atoms with Crippen molar-refractivity contribution in [3.05, 3.63) is 76.3 Å². The predicted octanol–water partition coefficient (Wildman–Crippen LogP) is 4.17. The van der Waals surface area contributed by atoms with Gasteiger partial charge in [0.25, 0.3) is 5.91 Å². The molecule has 1 N–H and O–H groups in total. The molecule has 7 nitrogen and oxygen atoms in total. The first kappa shape index (κ1) is 22.5. The number of aromatic nitrogens is 1. The number of carbonyl (C=O) groups is 1. The molecule has 0 spiro atoms. The van der Waals surface area contributed by atoms with Crippen LogP contribution in [-0.4, -0.2) is 25.6 Å². The van der Waals surface area contributed by atoms with Gasteiger partial charge >= 0.3 is 0 Å². The molecule has 1 aromatic heterocycles. The third-order valence-corrected chi connectivity index (χ3v) is 6.32. The van der Waals surface area contributed by atoms with Gasteiger partial charge in [0.05, 0.1) is 24.4 Å². The van der Waals surface area contributed by atoms with Gasteiger partial charge in [0, 0.05) is 10.6 Å². The van der Waals surface area contributed by atoms with Crippen LogP contribution in [-0.2, 0) is 16.6 Å². The number of nitriles is 1. The number of hydrogen-bond donors (Lipinski definition) is 1. The third kappa shape index (κ3) is 5.69. The average molecular weight is 455 g/mol. The van der Waals surface area contributed by atoms with Gasteiger partial charge in [0.2, 0.25) is 10.0 Å². The van der Waals surface area contributed by atoms with Crippen LogP contribution in [0.4, 0.5) is 10.8 Å². The number of nitrogens with one attached hydrogen (secondary N) is 1. The summed E-state index contributed by atoms with van der Waals surface area (Å²) in [6.45, 7) is 4.35. The minimum Gasteiger partial charge on any atom is -0.313 e. The van der Waals surface area contributed by atoms with E-state index in [1.54, 1.807) is 12.1 Å². The van der Waals surface area contributed by atoms with Crippen LogP contribution in [0, 0.1) is 11.3 Å². The van der Waals surface area contributed by atoms with Crippen molar-refractivity contribution in [2.24, 2.45) is 0 Å². The van der Waals surface area contributed by atoms with E-state index in [0.29, 0.717) is 22.1 Å². The summed E-state index contributed by atoms with van der Waals surface area (Å²) in [6.07, 6.45) is 0.936. The Morgan fingerprint density at radius 1 is 1.16 bits per heavy atom. The SMILES string of the molecule is CC(C)c1sc(N(Cc2ccccc2)c2ccc(C#N)cc2)nc1C(=O)NS(C)(=O)=O. The Hall–Kier alpha value is -3.22. The molecule has 0 unspecified atom stereocenters. The monoisotopic (exact) mass is 454 g/mol. The third-order valence-electron chi connectivity index (χ3n) is 4.38. The molecule has 0 aliphatic heterocycles. The molecule has 0 aliphatic rings. The van der Waals surface area contributed by atoms with Gasteiger partial charge in [0.15, 0.2) is 5.13 Å². The van der Waals surface area contributed by atoms with Crippen molar-refractivity contribution >= 4 is 38.1 Å². The molecule has 31 heavy (non-hydrogen) atoms. The highest BCUT2D eigenvalue weighted by molar-refractivity contribution is 7.89. The second-order valence-corrected chi connectivity index (χ2v) is 10.1. The summed E-state index contributed by atoms with van der Waals surface area (Å²) in [6, 6.07) is 19.0. The molecular formula is C22H22N4O3S2. The van der Waals surface area contributed by atoms with E-state index >= 15 is 0 Å². The lowest BCUT2D eigenvalue weighted by Gasteiger charge is -2.22. The largest absolute Gasteiger partial charge is 0.313 e. The zero-order chi connectivity index (χ0) is 22.6. The quantitative estimate of drug-likeness (QED) is 0.575. The molecule has 0 atom stereocenters. The molecule has 2 aromatic carbocycles. The second-order valence-electron chi connectivity index (χ2n) is 7.30. The molecular weight excluding hydrogens is 432 g/mol. The molecule has 0 bridgehead atoms. The average Bonchev–Trinajstić information content (AvgIpc) is 3.17. The molecule has 3 aromatic rings. The molecule has 0 aliphatic carbocycles. The summed E-state index contributed by atoms with van der Waals surface area (Å²) in [7, 11) is -3.71. The van der Waals surface area contributed by atoms with Gasteiger partial charge in [-0.2, -0.15) is 5.26 Å². The highest BCUT2D eigenvalue weighted by Crippen LogP contribution is 2.36. The van der Waals surface area contributed by atoms with E-state index in [-0.39, 0.29) is 11.6 Å². The lowest BCUT2D eigenvalue weighted by molar-refractivity contribution is 0.0976. The fourth-order valence-electron chi connectivity index (χ4n) is 2.96. The number of nitrogens with zero attached hydrogens (tertiary/aromatic N) is 3. The maximum Gasteiger partial charge on any atom is 0.284 e. The Kier molecular flexibility index (Phi) is 6.73. The maximum atomic E-state index is 12.6. The van der Waals surface area contributed by atoms with E-state index in [2.05, 4.69) is 11.1 Å². The Labute approximate surface area is 186 Å².